The number of nitrogens with two attached hydrogens (primary N) is 1. The van der Waals surface area contributed by atoms with E-state index in [4.69, 9.17) is 17.3 Å². The van der Waals surface area contributed by atoms with E-state index in [2.05, 4.69) is 4.72 Å². The predicted molar refractivity (Wildman–Crippen MR) is 80.2 cm³/mol. The van der Waals surface area contributed by atoms with E-state index in [1.807, 2.05) is 0 Å². The van der Waals surface area contributed by atoms with Crippen molar-refractivity contribution in [3.05, 3.63) is 22.7 Å². The highest BCUT2D eigenvalue weighted by atomic mass is 35.5. The summed E-state index contributed by atoms with van der Waals surface area (Å²) in [4.78, 5) is 0.198. The molecule has 3 N–H and O–H groups in total. The summed E-state index contributed by atoms with van der Waals surface area (Å²) in [6.07, 6.45) is 4.77. The molecular formula is C14H19ClN2O2S. The monoisotopic (exact) mass is 314 g/mol. The molecule has 0 aromatic heterocycles. The van der Waals surface area contributed by atoms with Gasteiger partial charge in [0.15, 0.2) is 0 Å². The highest BCUT2D eigenvalue weighted by Gasteiger charge is 2.53. The smallest absolute Gasteiger partial charge is 0.240 e. The molecular weight excluding hydrogens is 296 g/mol. The second-order valence-electron chi connectivity index (χ2n) is 6.10. The number of nitrogen functional groups attached to an aromatic ring is 1. The zero-order chi connectivity index (χ0) is 14.5. The molecule has 0 heterocycles. The number of anilines is 1. The van der Waals surface area contributed by atoms with Gasteiger partial charge in [0, 0.05) is 6.54 Å². The van der Waals surface area contributed by atoms with Gasteiger partial charge in [-0.2, -0.15) is 0 Å². The molecule has 3 rings (SSSR count). The molecule has 2 fully saturated rings. The Bertz CT molecular complexity index is 626. The van der Waals surface area contributed by atoms with Gasteiger partial charge in [-0.05, 0) is 61.6 Å². The average molecular weight is 315 g/mol. The van der Waals surface area contributed by atoms with E-state index in [9.17, 15) is 8.42 Å². The van der Waals surface area contributed by atoms with Gasteiger partial charge in [-0.3, -0.25) is 0 Å². The van der Waals surface area contributed by atoms with Crippen LogP contribution < -0.4 is 10.5 Å². The third kappa shape index (κ3) is 2.54. The van der Waals surface area contributed by atoms with E-state index in [0.29, 0.717) is 22.8 Å². The highest BCUT2D eigenvalue weighted by Crippen LogP contribution is 2.60. The zero-order valence-electron chi connectivity index (χ0n) is 11.4. The number of benzene rings is 1. The molecule has 20 heavy (non-hydrogen) atoms. The maximum absolute atomic E-state index is 12.4. The van der Waals surface area contributed by atoms with E-state index in [-0.39, 0.29) is 10.3 Å². The first-order valence-corrected chi connectivity index (χ1v) is 8.75. The van der Waals surface area contributed by atoms with Crippen molar-refractivity contribution in [3.63, 3.8) is 0 Å². The molecule has 0 unspecified atom stereocenters. The lowest BCUT2D eigenvalue weighted by Gasteiger charge is -2.16. The minimum atomic E-state index is -3.51. The molecule has 0 bridgehead atoms. The van der Waals surface area contributed by atoms with Crippen molar-refractivity contribution in [1.29, 1.82) is 0 Å². The van der Waals surface area contributed by atoms with Crippen LogP contribution in [0.25, 0.3) is 0 Å². The minimum absolute atomic E-state index is 0.198. The average Bonchev–Trinajstić information content (AvgIpc) is 3.25. The largest absolute Gasteiger partial charge is 0.397 e. The molecule has 0 radical (unpaired) electrons. The summed E-state index contributed by atoms with van der Waals surface area (Å²) in [6.45, 7) is 2.30. The van der Waals surface area contributed by atoms with Crippen molar-refractivity contribution in [1.82, 2.24) is 4.72 Å². The van der Waals surface area contributed by atoms with Crippen LogP contribution in [0, 0.1) is 18.3 Å². The van der Waals surface area contributed by atoms with E-state index in [1.165, 1.54) is 18.9 Å². The lowest BCUT2D eigenvalue weighted by molar-refractivity contribution is 0.432. The molecule has 0 saturated heterocycles. The summed E-state index contributed by atoms with van der Waals surface area (Å²) in [5, 5.41) is 0.417. The fourth-order valence-corrected chi connectivity index (χ4v) is 4.19. The third-order valence-corrected chi connectivity index (χ3v) is 6.41. The third-order valence-electron chi connectivity index (χ3n) is 4.52. The summed E-state index contributed by atoms with van der Waals surface area (Å²) in [5.41, 5.74) is 6.96. The summed E-state index contributed by atoms with van der Waals surface area (Å²) < 4.78 is 27.5. The van der Waals surface area contributed by atoms with Crippen LogP contribution in [0.3, 0.4) is 0 Å². The molecule has 6 heteroatoms. The fourth-order valence-electron chi connectivity index (χ4n) is 2.83. The number of rotatable bonds is 5. The number of hydrogen-bond donors (Lipinski definition) is 2. The van der Waals surface area contributed by atoms with Gasteiger partial charge in [0.25, 0.3) is 0 Å². The van der Waals surface area contributed by atoms with Crippen LogP contribution in [0.1, 0.15) is 31.2 Å². The van der Waals surface area contributed by atoms with Gasteiger partial charge in [-0.25, -0.2) is 13.1 Å². The van der Waals surface area contributed by atoms with Crippen LogP contribution in [0.2, 0.25) is 5.02 Å². The Morgan fingerprint density at radius 2 is 2.05 bits per heavy atom. The van der Waals surface area contributed by atoms with Crippen LogP contribution >= 0.6 is 11.6 Å². The Labute approximate surface area is 124 Å². The number of aryl methyl sites for hydroxylation is 1. The predicted octanol–water partition coefficient (Wildman–Crippen LogP) is 2.70. The van der Waals surface area contributed by atoms with Crippen molar-refractivity contribution in [2.45, 2.75) is 37.5 Å². The molecule has 110 valence electrons. The molecule has 0 atom stereocenters. The summed E-state index contributed by atoms with van der Waals surface area (Å²) >= 11 is 5.97. The van der Waals surface area contributed by atoms with Gasteiger partial charge in [-0.15, -0.1) is 0 Å². The lowest BCUT2D eigenvalue weighted by atomic mass is 10.0. The number of halogens is 1. The topological polar surface area (TPSA) is 72.2 Å². The van der Waals surface area contributed by atoms with Crippen LogP contribution in [-0.2, 0) is 10.0 Å². The molecule has 2 saturated carbocycles. The normalized spacial score (nSPS) is 20.9. The molecule has 0 spiro atoms. The number of hydrogen-bond acceptors (Lipinski definition) is 3. The first kappa shape index (κ1) is 14.2. The Balaban J connectivity index is 1.78. The number of nitrogens with one attached hydrogen (secondary N) is 1. The molecule has 4 nitrogen and oxygen atoms in total. The lowest BCUT2D eigenvalue weighted by Crippen LogP contribution is -2.31. The van der Waals surface area contributed by atoms with Crippen LogP contribution in [0.4, 0.5) is 5.69 Å². The Kier molecular flexibility index (Phi) is 3.27. The molecule has 1 aromatic carbocycles. The van der Waals surface area contributed by atoms with Gasteiger partial charge in [0.05, 0.1) is 15.6 Å². The molecule has 2 aliphatic carbocycles. The Morgan fingerprint density at radius 3 is 2.55 bits per heavy atom. The van der Waals surface area contributed by atoms with Gasteiger partial charge in [0.2, 0.25) is 10.0 Å². The minimum Gasteiger partial charge on any atom is -0.397 e. The Hall–Kier alpha value is -0.780. The van der Waals surface area contributed by atoms with Crippen molar-refractivity contribution in [2.24, 2.45) is 11.3 Å². The van der Waals surface area contributed by atoms with Gasteiger partial charge in [0.1, 0.15) is 0 Å². The summed E-state index contributed by atoms with van der Waals surface area (Å²) in [5.74, 6) is 0.724. The van der Waals surface area contributed by atoms with Crippen LogP contribution in [0.5, 0.6) is 0 Å². The Morgan fingerprint density at radius 1 is 1.40 bits per heavy atom. The second kappa shape index (κ2) is 4.61. The number of sulfonamides is 1. The second-order valence-corrected chi connectivity index (χ2v) is 8.25. The van der Waals surface area contributed by atoms with E-state index < -0.39 is 10.0 Å². The first-order chi connectivity index (χ1) is 9.34. The van der Waals surface area contributed by atoms with Crippen LogP contribution in [0.15, 0.2) is 17.0 Å². The van der Waals surface area contributed by atoms with E-state index in [1.54, 1.807) is 13.0 Å². The quantitative estimate of drug-likeness (QED) is 0.821. The maximum Gasteiger partial charge on any atom is 0.240 e. The fraction of sp³-hybridized carbons (Fsp3) is 0.571. The van der Waals surface area contributed by atoms with Crippen molar-refractivity contribution in [3.8, 4) is 0 Å². The summed E-state index contributed by atoms with van der Waals surface area (Å²) in [6, 6.07) is 2.99. The zero-order valence-corrected chi connectivity index (χ0v) is 13.0. The SMILES string of the molecule is Cc1cc(S(=O)(=O)NCC2(C3CC3)CC2)cc(N)c1Cl. The molecule has 0 aliphatic heterocycles. The maximum atomic E-state index is 12.4. The standard InChI is InChI=1S/C14H19ClN2O2S/c1-9-6-11(7-12(16)13(9)15)20(18,19)17-8-14(4-5-14)10-2-3-10/h6-7,10,17H,2-5,8,16H2,1H3. The highest BCUT2D eigenvalue weighted by molar-refractivity contribution is 7.89. The van der Waals surface area contributed by atoms with Gasteiger partial charge >= 0.3 is 0 Å². The summed E-state index contributed by atoms with van der Waals surface area (Å²) in [7, 11) is -3.51. The van der Waals surface area contributed by atoms with Gasteiger partial charge < -0.3 is 5.73 Å². The van der Waals surface area contributed by atoms with E-state index in [0.717, 1.165) is 18.8 Å². The van der Waals surface area contributed by atoms with Crippen molar-refractivity contribution >= 4 is 27.3 Å². The molecule has 2 aliphatic rings. The van der Waals surface area contributed by atoms with Crippen molar-refractivity contribution < 1.29 is 8.42 Å². The van der Waals surface area contributed by atoms with Crippen LogP contribution in [-0.4, -0.2) is 15.0 Å². The van der Waals surface area contributed by atoms with E-state index >= 15 is 0 Å². The molecule has 1 aromatic rings. The molecule has 0 amide bonds. The van der Waals surface area contributed by atoms with Gasteiger partial charge in [-0.1, -0.05) is 11.6 Å². The first-order valence-electron chi connectivity index (χ1n) is 6.89. The van der Waals surface area contributed by atoms with Crippen molar-refractivity contribution in [2.75, 3.05) is 12.3 Å².